The summed E-state index contributed by atoms with van der Waals surface area (Å²) in [6.45, 7) is 3.83. The van der Waals surface area contributed by atoms with E-state index in [0.29, 0.717) is 5.69 Å². The van der Waals surface area contributed by atoms with Crippen LogP contribution in [0.15, 0.2) is 58.8 Å². The first-order valence-corrected chi connectivity index (χ1v) is 11.0. The fourth-order valence-electron chi connectivity index (χ4n) is 2.57. The van der Waals surface area contributed by atoms with Crippen LogP contribution in [0.4, 0.5) is 5.69 Å². The SMILES string of the molecule is Cc1ccc(S(=O)(=O)CCC(=O)Nc2cccc(-c3csc(C)n3)c2)cc1. The highest BCUT2D eigenvalue weighted by atomic mass is 32.2. The van der Waals surface area contributed by atoms with Crippen LogP contribution in [0.3, 0.4) is 0 Å². The van der Waals surface area contributed by atoms with Crippen LogP contribution in [0, 0.1) is 13.8 Å². The van der Waals surface area contributed by atoms with Gasteiger partial charge in [0.05, 0.1) is 21.3 Å². The van der Waals surface area contributed by atoms with Crippen molar-refractivity contribution in [3.63, 3.8) is 0 Å². The number of aromatic nitrogens is 1. The van der Waals surface area contributed by atoms with E-state index in [1.54, 1.807) is 41.7 Å². The Kier molecular flexibility index (Phi) is 5.72. The number of rotatable bonds is 6. The van der Waals surface area contributed by atoms with Gasteiger partial charge in [-0.15, -0.1) is 11.3 Å². The van der Waals surface area contributed by atoms with Crippen LogP contribution < -0.4 is 5.32 Å². The third-order valence-electron chi connectivity index (χ3n) is 4.04. The molecule has 0 bridgehead atoms. The molecule has 0 spiro atoms. The Morgan fingerprint density at radius 3 is 2.52 bits per heavy atom. The topological polar surface area (TPSA) is 76.1 Å². The molecule has 0 saturated heterocycles. The first-order valence-electron chi connectivity index (χ1n) is 8.45. The van der Waals surface area contributed by atoms with E-state index in [0.717, 1.165) is 21.8 Å². The van der Waals surface area contributed by atoms with Gasteiger partial charge in [-0.05, 0) is 38.1 Å². The Labute approximate surface area is 163 Å². The molecule has 0 aliphatic rings. The van der Waals surface area contributed by atoms with Crippen molar-refractivity contribution >= 4 is 32.8 Å². The fourth-order valence-corrected chi connectivity index (χ4v) is 4.43. The molecule has 0 unspecified atom stereocenters. The first kappa shape index (κ1) is 19.3. The van der Waals surface area contributed by atoms with Gasteiger partial charge in [0.2, 0.25) is 5.91 Å². The number of aryl methyl sites for hydroxylation is 2. The van der Waals surface area contributed by atoms with Gasteiger partial charge in [0.1, 0.15) is 0 Å². The molecule has 0 radical (unpaired) electrons. The van der Waals surface area contributed by atoms with Crippen molar-refractivity contribution in [2.24, 2.45) is 0 Å². The minimum atomic E-state index is -3.48. The number of nitrogens with zero attached hydrogens (tertiary/aromatic N) is 1. The number of hydrogen-bond donors (Lipinski definition) is 1. The zero-order valence-corrected chi connectivity index (χ0v) is 16.7. The van der Waals surface area contributed by atoms with Crippen LogP contribution in [0.1, 0.15) is 17.0 Å². The van der Waals surface area contributed by atoms with Gasteiger partial charge >= 0.3 is 0 Å². The number of anilines is 1. The van der Waals surface area contributed by atoms with E-state index in [1.165, 1.54) is 0 Å². The van der Waals surface area contributed by atoms with E-state index >= 15 is 0 Å². The van der Waals surface area contributed by atoms with Crippen LogP contribution >= 0.6 is 11.3 Å². The average molecular weight is 401 g/mol. The number of nitrogens with one attached hydrogen (secondary N) is 1. The van der Waals surface area contributed by atoms with E-state index in [1.807, 2.05) is 37.4 Å². The van der Waals surface area contributed by atoms with E-state index in [4.69, 9.17) is 0 Å². The van der Waals surface area contributed by atoms with Crippen molar-refractivity contribution in [3.05, 3.63) is 64.5 Å². The fraction of sp³-hybridized carbons (Fsp3) is 0.200. The molecule has 0 aliphatic carbocycles. The number of hydrogen-bond acceptors (Lipinski definition) is 5. The molecule has 0 saturated carbocycles. The summed E-state index contributed by atoms with van der Waals surface area (Å²) < 4.78 is 24.7. The second-order valence-electron chi connectivity index (χ2n) is 6.26. The van der Waals surface area contributed by atoms with Crippen molar-refractivity contribution in [1.29, 1.82) is 0 Å². The molecule has 5 nitrogen and oxygen atoms in total. The van der Waals surface area contributed by atoms with Crippen LogP contribution in [-0.4, -0.2) is 25.1 Å². The molecule has 2 aromatic carbocycles. The van der Waals surface area contributed by atoms with Crippen molar-refractivity contribution in [3.8, 4) is 11.3 Å². The highest BCUT2D eigenvalue weighted by Crippen LogP contribution is 2.24. The van der Waals surface area contributed by atoms with Crippen LogP contribution in [0.5, 0.6) is 0 Å². The largest absolute Gasteiger partial charge is 0.326 e. The number of benzene rings is 2. The van der Waals surface area contributed by atoms with E-state index in [9.17, 15) is 13.2 Å². The molecule has 3 aromatic rings. The third-order valence-corrected chi connectivity index (χ3v) is 6.54. The zero-order valence-electron chi connectivity index (χ0n) is 15.1. The lowest BCUT2D eigenvalue weighted by Gasteiger charge is -2.08. The predicted octanol–water partition coefficient (Wildman–Crippen LogP) is 4.23. The summed E-state index contributed by atoms with van der Waals surface area (Å²) in [5, 5.41) is 5.70. The monoisotopic (exact) mass is 400 g/mol. The summed E-state index contributed by atoms with van der Waals surface area (Å²) in [5.74, 6) is -0.565. The maximum atomic E-state index is 12.4. The molecular weight excluding hydrogens is 380 g/mol. The number of thiazole rings is 1. The normalized spacial score (nSPS) is 11.3. The van der Waals surface area contributed by atoms with Gasteiger partial charge in [-0.25, -0.2) is 13.4 Å². The number of sulfone groups is 1. The Hall–Kier alpha value is -2.51. The van der Waals surface area contributed by atoms with Gasteiger partial charge in [-0.1, -0.05) is 29.8 Å². The standard InChI is InChI=1S/C20H20N2O3S2/c1-14-6-8-18(9-7-14)27(24,25)11-10-20(23)22-17-5-3-4-16(12-17)19-13-26-15(2)21-19/h3-9,12-13H,10-11H2,1-2H3,(H,22,23). The minimum Gasteiger partial charge on any atom is -0.326 e. The average Bonchev–Trinajstić information content (AvgIpc) is 3.07. The lowest BCUT2D eigenvalue weighted by atomic mass is 10.1. The van der Waals surface area contributed by atoms with E-state index in [-0.39, 0.29) is 23.0 Å². The molecule has 1 heterocycles. The van der Waals surface area contributed by atoms with Gasteiger partial charge in [-0.3, -0.25) is 4.79 Å². The molecule has 1 amide bonds. The number of carbonyl (C=O) groups is 1. The van der Waals surface area contributed by atoms with E-state index in [2.05, 4.69) is 10.3 Å². The van der Waals surface area contributed by atoms with Crippen LogP contribution in [-0.2, 0) is 14.6 Å². The number of carbonyl (C=O) groups excluding carboxylic acids is 1. The lowest BCUT2D eigenvalue weighted by Crippen LogP contribution is -2.17. The molecule has 0 atom stereocenters. The number of amides is 1. The quantitative estimate of drug-likeness (QED) is 0.672. The Balaban J connectivity index is 1.63. The Bertz CT molecular complexity index is 1050. The van der Waals surface area contributed by atoms with Gasteiger partial charge < -0.3 is 5.32 Å². The predicted molar refractivity (Wildman–Crippen MR) is 109 cm³/mol. The molecular formula is C20H20N2O3S2. The van der Waals surface area contributed by atoms with Crippen molar-refractivity contribution < 1.29 is 13.2 Å². The molecule has 1 N–H and O–H groups in total. The second kappa shape index (κ2) is 8.02. The van der Waals surface area contributed by atoms with Gasteiger partial charge in [0, 0.05) is 23.1 Å². The van der Waals surface area contributed by atoms with Crippen molar-refractivity contribution in [2.75, 3.05) is 11.1 Å². The van der Waals surface area contributed by atoms with E-state index < -0.39 is 9.84 Å². The molecule has 27 heavy (non-hydrogen) atoms. The second-order valence-corrected chi connectivity index (χ2v) is 9.43. The molecule has 3 rings (SSSR count). The summed E-state index contributed by atoms with van der Waals surface area (Å²) in [6.07, 6.45) is -0.101. The minimum absolute atomic E-state index is 0.101. The summed E-state index contributed by atoms with van der Waals surface area (Å²) in [4.78, 5) is 16.9. The first-order chi connectivity index (χ1) is 12.8. The summed E-state index contributed by atoms with van der Waals surface area (Å²) in [5.41, 5.74) is 3.37. The maximum Gasteiger partial charge on any atom is 0.225 e. The lowest BCUT2D eigenvalue weighted by molar-refractivity contribution is -0.115. The van der Waals surface area contributed by atoms with Crippen molar-refractivity contribution in [2.45, 2.75) is 25.2 Å². The molecule has 0 aliphatic heterocycles. The molecule has 7 heteroatoms. The van der Waals surface area contributed by atoms with Gasteiger partial charge in [0.15, 0.2) is 9.84 Å². The van der Waals surface area contributed by atoms with Crippen LogP contribution in [0.25, 0.3) is 11.3 Å². The Morgan fingerprint density at radius 2 is 1.85 bits per heavy atom. The molecule has 140 valence electrons. The third kappa shape index (κ3) is 5.02. The summed E-state index contributed by atoms with van der Waals surface area (Å²) in [7, 11) is -3.48. The van der Waals surface area contributed by atoms with Crippen LogP contribution in [0.2, 0.25) is 0 Å². The van der Waals surface area contributed by atoms with Gasteiger partial charge in [-0.2, -0.15) is 0 Å². The Morgan fingerprint density at radius 1 is 1.11 bits per heavy atom. The summed E-state index contributed by atoms with van der Waals surface area (Å²) >= 11 is 1.56. The maximum absolute atomic E-state index is 12.4. The highest BCUT2D eigenvalue weighted by Gasteiger charge is 2.16. The molecule has 0 fully saturated rings. The molecule has 1 aromatic heterocycles. The highest BCUT2D eigenvalue weighted by molar-refractivity contribution is 7.91. The smallest absolute Gasteiger partial charge is 0.225 e. The zero-order chi connectivity index (χ0) is 19.4. The summed E-state index contributed by atoms with van der Waals surface area (Å²) in [6, 6.07) is 14.0. The van der Waals surface area contributed by atoms with Crippen molar-refractivity contribution in [1.82, 2.24) is 4.98 Å². The van der Waals surface area contributed by atoms with Gasteiger partial charge in [0.25, 0.3) is 0 Å².